The van der Waals surface area contributed by atoms with Crippen molar-refractivity contribution in [2.75, 3.05) is 7.05 Å². The predicted molar refractivity (Wildman–Crippen MR) is 109 cm³/mol. The van der Waals surface area contributed by atoms with Gasteiger partial charge in [0.05, 0.1) is 6.20 Å². The molecule has 28 heavy (non-hydrogen) atoms. The van der Waals surface area contributed by atoms with Crippen LogP contribution in [0.4, 0.5) is 0 Å². The van der Waals surface area contributed by atoms with Crippen molar-refractivity contribution >= 4 is 5.91 Å². The molecule has 0 spiro atoms. The van der Waals surface area contributed by atoms with E-state index in [1.54, 1.807) is 25.7 Å². The van der Waals surface area contributed by atoms with E-state index < -0.39 is 0 Å². The maximum Gasteiger partial charge on any atom is 0.270 e. The summed E-state index contributed by atoms with van der Waals surface area (Å²) in [7, 11) is 1.61. The number of nitrogens with zero attached hydrogens (tertiary/aromatic N) is 2. The van der Waals surface area contributed by atoms with Crippen LogP contribution in [0.25, 0.3) is 33.7 Å². The van der Waals surface area contributed by atoms with Gasteiger partial charge in [-0.25, -0.2) is 4.98 Å². The fourth-order valence-electron chi connectivity index (χ4n) is 3.31. The molecule has 5 heteroatoms. The number of aryl methyl sites for hydroxylation is 1. The third kappa shape index (κ3) is 3.18. The van der Waals surface area contributed by atoms with Crippen LogP contribution >= 0.6 is 0 Å². The Morgan fingerprint density at radius 1 is 0.929 bits per heavy atom. The van der Waals surface area contributed by atoms with Gasteiger partial charge >= 0.3 is 0 Å². The molecule has 0 aliphatic carbocycles. The Labute approximate surface area is 163 Å². The first-order chi connectivity index (χ1) is 13.7. The molecule has 0 saturated heterocycles. The van der Waals surface area contributed by atoms with Crippen LogP contribution in [-0.4, -0.2) is 22.9 Å². The number of oxazole rings is 1. The fourth-order valence-corrected chi connectivity index (χ4v) is 3.31. The SMILES string of the molecule is CNC(=O)c1nccc(C)c1-c1cc(-c2ncco2)ccc1-c1ccccc1. The molecule has 0 bridgehead atoms. The molecule has 5 nitrogen and oxygen atoms in total. The summed E-state index contributed by atoms with van der Waals surface area (Å²) in [6.45, 7) is 1.98. The Kier molecular flexibility index (Phi) is 4.72. The van der Waals surface area contributed by atoms with Crippen molar-refractivity contribution in [3.05, 3.63) is 84.5 Å². The number of carbonyl (C=O) groups excluding carboxylic acids is 1. The maximum atomic E-state index is 12.5. The van der Waals surface area contributed by atoms with Crippen molar-refractivity contribution in [2.24, 2.45) is 0 Å². The van der Waals surface area contributed by atoms with Gasteiger partial charge in [0.1, 0.15) is 12.0 Å². The van der Waals surface area contributed by atoms with Crippen LogP contribution in [-0.2, 0) is 0 Å². The molecule has 4 rings (SSSR count). The molecular weight excluding hydrogens is 350 g/mol. The van der Waals surface area contributed by atoms with E-state index in [1.807, 2.05) is 49.4 Å². The van der Waals surface area contributed by atoms with E-state index in [0.29, 0.717) is 11.6 Å². The van der Waals surface area contributed by atoms with Crippen molar-refractivity contribution in [1.29, 1.82) is 0 Å². The summed E-state index contributed by atoms with van der Waals surface area (Å²) >= 11 is 0. The van der Waals surface area contributed by atoms with Crippen LogP contribution in [0.1, 0.15) is 16.1 Å². The second kappa shape index (κ2) is 7.48. The molecule has 2 aromatic heterocycles. The Bertz CT molecular complexity index is 1120. The first kappa shape index (κ1) is 17.7. The quantitative estimate of drug-likeness (QED) is 0.564. The minimum absolute atomic E-state index is 0.223. The molecule has 0 saturated carbocycles. The lowest BCUT2D eigenvalue weighted by molar-refractivity contribution is 0.0959. The monoisotopic (exact) mass is 369 g/mol. The zero-order chi connectivity index (χ0) is 19.5. The second-order valence-electron chi connectivity index (χ2n) is 6.39. The highest BCUT2D eigenvalue weighted by Crippen LogP contribution is 2.38. The van der Waals surface area contributed by atoms with E-state index in [9.17, 15) is 4.79 Å². The van der Waals surface area contributed by atoms with Crippen molar-refractivity contribution in [2.45, 2.75) is 6.92 Å². The minimum Gasteiger partial charge on any atom is -0.445 e. The summed E-state index contributed by atoms with van der Waals surface area (Å²) in [5.74, 6) is 0.308. The first-order valence-electron chi connectivity index (χ1n) is 8.96. The van der Waals surface area contributed by atoms with Gasteiger partial charge in [-0.3, -0.25) is 9.78 Å². The number of hydrogen-bond donors (Lipinski definition) is 1. The first-order valence-corrected chi connectivity index (χ1v) is 8.96. The second-order valence-corrected chi connectivity index (χ2v) is 6.39. The van der Waals surface area contributed by atoms with Crippen LogP contribution in [0.2, 0.25) is 0 Å². The van der Waals surface area contributed by atoms with Gasteiger partial charge in [-0.05, 0) is 47.4 Å². The molecule has 1 N–H and O–H groups in total. The standard InChI is InChI=1S/C23H19N3O2/c1-15-10-11-25-21(22(27)24-2)20(15)19-14-17(23-26-12-13-28-23)8-9-18(19)16-6-4-3-5-7-16/h3-14H,1-2H3,(H,24,27). The molecule has 138 valence electrons. The van der Waals surface area contributed by atoms with Crippen LogP contribution in [0.3, 0.4) is 0 Å². The topological polar surface area (TPSA) is 68.0 Å². The van der Waals surface area contributed by atoms with Gasteiger partial charge in [0.25, 0.3) is 5.91 Å². The summed E-state index contributed by atoms with van der Waals surface area (Å²) in [6.07, 6.45) is 4.82. The molecule has 4 aromatic rings. The number of carbonyl (C=O) groups is 1. The average molecular weight is 369 g/mol. The van der Waals surface area contributed by atoms with Crippen LogP contribution in [0.15, 0.2) is 77.7 Å². The van der Waals surface area contributed by atoms with Crippen LogP contribution in [0.5, 0.6) is 0 Å². The van der Waals surface area contributed by atoms with E-state index >= 15 is 0 Å². The minimum atomic E-state index is -0.223. The summed E-state index contributed by atoms with van der Waals surface area (Å²) < 4.78 is 5.48. The molecule has 0 unspecified atom stereocenters. The lowest BCUT2D eigenvalue weighted by Gasteiger charge is -2.16. The number of nitrogens with one attached hydrogen (secondary N) is 1. The highest BCUT2D eigenvalue weighted by Gasteiger charge is 2.20. The molecule has 2 heterocycles. The van der Waals surface area contributed by atoms with Crippen LogP contribution in [0, 0.1) is 6.92 Å². The molecule has 1 amide bonds. The summed E-state index contributed by atoms with van der Waals surface area (Å²) in [6, 6.07) is 18.0. The van der Waals surface area contributed by atoms with E-state index in [-0.39, 0.29) is 5.91 Å². The summed E-state index contributed by atoms with van der Waals surface area (Å²) in [4.78, 5) is 21.1. The maximum absolute atomic E-state index is 12.5. The number of hydrogen-bond acceptors (Lipinski definition) is 4. The van der Waals surface area contributed by atoms with Crippen molar-refractivity contribution in [3.63, 3.8) is 0 Å². The third-order valence-corrected chi connectivity index (χ3v) is 4.65. The largest absolute Gasteiger partial charge is 0.445 e. The Morgan fingerprint density at radius 3 is 2.46 bits per heavy atom. The number of amides is 1. The molecule has 0 aliphatic rings. The highest BCUT2D eigenvalue weighted by molar-refractivity contribution is 6.02. The predicted octanol–water partition coefficient (Wildman–Crippen LogP) is 4.74. The smallest absolute Gasteiger partial charge is 0.270 e. The van der Waals surface area contributed by atoms with Crippen molar-refractivity contribution in [1.82, 2.24) is 15.3 Å². The zero-order valence-corrected chi connectivity index (χ0v) is 15.6. The molecule has 0 aliphatic heterocycles. The number of benzene rings is 2. The molecule has 0 atom stereocenters. The summed E-state index contributed by atoms with van der Waals surface area (Å²) in [5.41, 5.74) is 5.98. The average Bonchev–Trinajstić information content (AvgIpc) is 3.28. The lowest BCUT2D eigenvalue weighted by atomic mass is 9.89. The Balaban J connectivity index is 2.02. The van der Waals surface area contributed by atoms with Gasteiger partial charge in [0.15, 0.2) is 0 Å². The molecule has 0 fully saturated rings. The van der Waals surface area contributed by atoms with E-state index in [4.69, 9.17) is 4.42 Å². The van der Waals surface area contributed by atoms with Gasteiger partial charge in [0, 0.05) is 24.4 Å². The van der Waals surface area contributed by atoms with Gasteiger partial charge in [-0.1, -0.05) is 36.4 Å². The number of pyridine rings is 1. The Hall–Kier alpha value is -3.73. The normalized spacial score (nSPS) is 10.6. The third-order valence-electron chi connectivity index (χ3n) is 4.65. The number of rotatable bonds is 4. The molecular formula is C23H19N3O2. The van der Waals surface area contributed by atoms with E-state index in [0.717, 1.165) is 33.4 Å². The molecule has 0 radical (unpaired) electrons. The highest BCUT2D eigenvalue weighted by atomic mass is 16.3. The molecule has 2 aromatic carbocycles. The van der Waals surface area contributed by atoms with Gasteiger partial charge in [0.2, 0.25) is 5.89 Å². The van der Waals surface area contributed by atoms with E-state index in [1.165, 1.54) is 0 Å². The number of aromatic nitrogens is 2. The summed E-state index contributed by atoms with van der Waals surface area (Å²) in [5, 5.41) is 2.69. The van der Waals surface area contributed by atoms with Crippen LogP contribution < -0.4 is 5.32 Å². The lowest BCUT2D eigenvalue weighted by Crippen LogP contribution is -2.20. The Morgan fingerprint density at radius 2 is 1.75 bits per heavy atom. The van der Waals surface area contributed by atoms with Gasteiger partial charge < -0.3 is 9.73 Å². The van der Waals surface area contributed by atoms with Gasteiger partial charge in [-0.15, -0.1) is 0 Å². The van der Waals surface area contributed by atoms with Gasteiger partial charge in [-0.2, -0.15) is 0 Å². The van der Waals surface area contributed by atoms with Crippen molar-refractivity contribution in [3.8, 4) is 33.7 Å². The fraction of sp³-hybridized carbons (Fsp3) is 0.0870. The van der Waals surface area contributed by atoms with E-state index in [2.05, 4.69) is 27.4 Å². The van der Waals surface area contributed by atoms with Crippen molar-refractivity contribution < 1.29 is 9.21 Å². The zero-order valence-electron chi connectivity index (χ0n) is 15.6.